The number of carboxylic acids is 1. The Balaban J connectivity index is 2.73. The Kier molecular flexibility index (Phi) is 3.09. The topological polar surface area (TPSA) is 50.2 Å². The van der Waals surface area contributed by atoms with Crippen molar-refractivity contribution in [2.24, 2.45) is 0 Å². The number of hydrogen-bond donors (Lipinski definition) is 1. The first kappa shape index (κ1) is 11.3. The normalized spacial score (nSPS) is 11.5. The van der Waals surface area contributed by atoms with Gasteiger partial charge in [0.05, 0.1) is 0 Å². The van der Waals surface area contributed by atoms with E-state index >= 15 is 0 Å². The van der Waals surface area contributed by atoms with Gasteiger partial charge in [-0.05, 0) is 0 Å². The molecule has 0 spiro atoms. The first-order chi connectivity index (χ1) is 7.59. The predicted molar refractivity (Wildman–Crippen MR) is 73.3 cm³/mol. The van der Waals surface area contributed by atoms with Crippen LogP contribution in [0.4, 0.5) is 0 Å². The third-order valence-corrected chi connectivity index (χ3v) is 5.53. The van der Waals surface area contributed by atoms with E-state index in [4.69, 9.17) is 5.11 Å². The molecule has 0 atom stereocenters. The molecule has 1 heterocycles. The predicted octanol–water partition coefficient (Wildman–Crippen LogP) is 2.87. The van der Waals surface area contributed by atoms with Crippen molar-refractivity contribution in [1.82, 2.24) is 4.98 Å². The van der Waals surface area contributed by atoms with E-state index in [0.29, 0.717) is 0 Å². The van der Waals surface area contributed by atoms with Crippen molar-refractivity contribution in [2.75, 3.05) is 9.86 Å². The fourth-order valence-corrected chi connectivity index (χ4v) is 3.38. The number of aromatic nitrogens is 1. The number of aromatic carboxylic acids is 1. The average Bonchev–Trinajstić information content (AvgIpc) is 2.27. The van der Waals surface area contributed by atoms with Gasteiger partial charge in [-0.3, -0.25) is 0 Å². The quantitative estimate of drug-likeness (QED) is 0.681. The molecule has 0 aliphatic carbocycles. The second-order valence-electron chi connectivity index (χ2n) is 3.59. The summed E-state index contributed by atoms with van der Waals surface area (Å²) < 4.78 is 1.28. The van der Waals surface area contributed by atoms with Gasteiger partial charge < -0.3 is 0 Å². The molecule has 84 valence electrons. The number of hydrogen-bond acceptors (Lipinski definition) is 2. The van der Waals surface area contributed by atoms with E-state index in [1.807, 2.05) is 18.2 Å². The zero-order valence-corrected chi connectivity index (χ0v) is 11.2. The first-order valence-electron chi connectivity index (χ1n) is 4.71. The molecule has 2 rings (SSSR count). The van der Waals surface area contributed by atoms with Gasteiger partial charge >= 0.3 is 101 Å². The number of alkyl halides is 2. The first-order valence-corrected chi connectivity index (χ1v) is 10.1. The van der Waals surface area contributed by atoms with Crippen LogP contribution in [0.15, 0.2) is 30.5 Å². The van der Waals surface area contributed by atoms with Crippen molar-refractivity contribution in [3.8, 4) is 0 Å². The number of halogens is 1. The van der Waals surface area contributed by atoms with Crippen molar-refractivity contribution in [3.63, 3.8) is 0 Å². The molecule has 0 bridgehead atoms. The van der Waals surface area contributed by atoms with Crippen LogP contribution in [-0.2, 0) is 0 Å². The summed E-state index contributed by atoms with van der Waals surface area (Å²) in [5.74, 6) is -0.963. The summed E-state index contributed by atoms with van der Waals surface area (Å²) in [7, 11) is 0. The van der Waals surface area contributed by atoms with Crippen molar-refractivity contribution in [2.45, 2.75) is 0 Å². The van der Waals surface area contributed by atoms with Crippen LogP contribution in [0.25, 0.3) is 10.8 Å². The van der Waals surface area contributed by atoms with Crippen LogP contribution in [0.2, 0.25) is 0 Å². The van der Waals surface area contributed by atoms with Gasteiger partial charge in [-0.15, -0.1) is 0 Å². The Bertz CT molecular complexity index is 552. The summed E-state index contributed by atoms with van der Waals surface area (Å²) in [5, 5.41) is 10.8. The monoisotopic (exact) mass is 329 g/mol. The summed E-state index contributed by atoms with van der Waals surface area (Å²) in [6.07, 6.45) is 1.54. The number of rotatable bonds is 2. The van der Waals surface area contributed by atoms with Crippen LogP contribution in [0.1, 0.15) is 10.5 Å². The molecule has 0 saturated heterocycles. The molecule has 1 aromatic carbocycles. The molecule has 0 radical (unpaired) electrons. The maximum absolute atomic E-state index is 11.0. The number of fused-ring (bicyclic) bond motifs is 1. The molecule has 0 aliphatic heterocycles. The molecule has 3 nitrogen and oxygen atoms in total. The van der Waals surface area contributed by atoms with Crippen LogP contribution in [-0.4, -0.2) is 25.9 Å². The van der Waals surface area contributed by atoms with Gasteiger partial charge in [-0.25, -0.2) is 0 Å². The average molecular weight is 329 g/mol. The zero-order chi connectivity index (χ0) is 11.7. The van der Waals surface area contributed by atoms with E-state index in [1.54, 1.807) is 6.20 Å². The number of benzene rings is 1. The van der Waals surface area contributed by atoms with Gasteiger partial charge in [-0.1, -0.05) is 0 Å². The van der Waals surface area contributed by atoms with Gasteiger partial charge in [0, 0.05) is 0 Å². The minimum atomic E-state index is -1.07. The van der Waals surface area contributed by atoms with Gasteiger partial charge in [0.1, 0.15) is 0 Å². The van der Waals surface area contributed by atoms with Crippen molar-refractivity contribution in [1.29, 1.82) is 0 Å². The van der Waals surface area contributed by atoms with Gasteiger partial charge in [0.25, 0.3) is 0 Å². The third kappa shape index (κ3) is 2.02. The molecule has 0 saturated carbocycles. The molecular formula is C12H12INO2. The van der Waals surface area contributed by atoms with Crippen molar-refractivity contribution < 1.29 is 9.90 Å². The number of carboxylic acid groups (broad SMARTS) is 1. The molecule has 4 heteroatoms. The van der Waals surface area contributed by atoms with Crippen LogP contribution in [0.5, 0.6) is 0 Å². The Hall–Kier alpha value is -1.17. The van der Waals surface area contributed by atoms with Crippen LogP contribution in [0.3, 0.4) is 0 Å². The second kappa shape index (κ2) is 4.37. The molecule has 0 aliphatic rings. The van der Waals surface area contributed by atoms with Gasteiger partial charge in [0.15, 0.2) is 0 Å². The molecule has 0 fully saturated rings. The van der Waals surface area contributed by atoms with E-state index < -0.39 is 25.8 Å². The van der Waals surface area contributed by atoms with E-state index in [9.17, 15) is 4.79 Å². The SMILES string of the molecule is CI(C)c1ccc2ccnc(C(=O)O)c2c1. The van der Waals surface area contributed by atoms with Crippen LogP contribution < -0.4 is 0 Å². The van der Waals surface area contributed by atoms with Gasteiger partial charge in [0.2, 0.25) is 0 Å². The molecule has 0 unspecified atom stereocenters. The van der Waals surface area contributed by atoms with E-state index in [2.05, 4.69) is 20.9 Å². The Labute approximate surface area is 101 Å². The maximum atomic E-state index is 11.0. The second-order valence-corrected chi connectivity index (χ2v) is 9.15. The molecule has 2 aromatic rings. The van der Waals surface area contributed by atoms with Crippen LogP contribution in [0, 0.1) is 3.57 Å². The zero-order valence-electron chi connectivity index (χ0n) is 9.07. The minimum absolute atomic E-state index is 0.150. The fraction of sp³-hybridized carbons (Fsp3) is 0.167. The van der Waals surface area contributed by atoms with E-state index in [-0.39, 0.29) is 5.69 Å². The fourth-order valence-electron chi connectivity index (χ4n) is 1.55. The van der Waals surface area contributed by atoms with Crippen molar-refractivity contribution in [3.05, 3.63) is 39.7 Å². The van der Waals surface area contributed by atoms with Crippen LogP contribution >= 0.6 is 19.8 Å². The number of pyridine rings is 1. The summed E-state index contributed by atoms with van der Waals surface area (Å²) in [6.45, 7) is 0. The number of nitrogens with zero attached hydrogens (tertiary/aromatic N) is 1. The number of carbonyl (C=O) groups is 1. The molecule has 0 amide bonds. The van der Waals surface area contributed by atoms with Crippen molar-refractivity contribution >= 4 is 36.6 Å². The Morgan fingerprint density at radius 1 is 1.31 bits per heavy atom. The Morgan fingerprint density at radius 3 is 2.69 bits per heavy atom. The van der Waals surface area contributed by atoms with E-state index in [1.165, 1.54) is 3.57 Å². The summed E-state index contributed by atoms with van der Waals surface area (Å²) in [6, 6.07) is 7.90. The van der Waals surface area contributed by atoms with E-state index in [0.717, 1.165) is 10.8 Å². The molecule has 1 aromatic heterocycles. The standard InChI is InChI=1S/C12H12INO2/c1-13(2)9-4-3-8-5-6-14-11(12(15)16)10(8)7-9/h3-7H,1-2H3,(H,15,16). The third-order valence-electron chi connectivity index (χ3n) is 2.37. The summed E-state index contributed by atoms with van der Waals surface area (Å²) in [4.78, 5) is 19.4. The molecule has 16 heavy (non-hydrogen) atoms. The van der Waals surface area contributed by atoms with Gasteiger partial charge in [-0.2, -0.15) is 0 Å². The summed E-state index contributed by atoms with van der Waals surface area (Å²) in [5.41, 5.74) is 0.150. The molecular weight excluding hydrogens is 317 g/mol. The summed E-state index contributed by atoms with van der Waals surface area (Å²) >= 11 is -1.07. The molecule has 1 N–H and O–H groups in total. The Morgan fingerprint density at radius 2 is 2.06 bits per heavy atom.